The van der Waals surface area contributed by atoms with E-state index in [1.54, 1.807) is 20.8 Å². The highest BCUT2D eigenvalue weighted by Crippen LogP contribution is 2.65. The van der Waals surface area contributed by atoms with Gasteiger partial charge in [-0.1, -0.05) is 0 Å². The van der Waals surface area contributed by atoms with Crippen molar-refractivity contribution in [2.75, 3.05) is 0 Å². The number of esters is 1. The fraction of sp³-hybridized carbons (Fsp3) is 0.923. The molecule has 110 valence electrons. The molecular weight excluding hydrogens is 259 g/mol. The topological polar surface area (TPSA) is 52.3 Å². The van der Waals surface area contributed by atoms with Gasteiger partial charge in [0.25, 0.3) is 0 Å². The first-order valence-corrected chi connectivity index (χ1v) is 6.44. The predicted molar refractivity (Wildman–Crippen MR) is 63.2 cm³/mol. The number of nitrogens with two attached hydrogens (primary N) is 1. The maximum atomic E-state index is 12.5. The summed E-state index contributed by atoms with van der Waals surface area (Å²) in [5.74, 6) is -1.73. The summed E-state index contributed by atoms with van der Waals surface area (Å²) in [6.45, 7) is 5.23. The van der Waals surface area contributed by atoms with E-state index in [9.17, 15) is 18.0 Å². The van der Waals surface area contributed by atoms with Crippen LogP contribution < -0.4 is 5.73 Å². The van der Waals surface area contributed by atoms with Crippen LogP contribution in [0.25, 0.3) is 0 Å². The minimum Gasteiger partial charge on any atom is -0.459 e. The monoisotopic (exact) mass is 279 g/mol. The van der Waals surface area contributed by atoms with Crippen LogP contribution in [0.4, 0.5) is 13.2 Å². The van der Waals surface area contributed by atoms with Crippen LogP contribution in [0.15, 0.2) is 0 Å². The zero-order valence-corrected chi connectivity index (χ0v) is 11.4. The Morgan fingerprint density at radius 1 is 1.21 bits per heavy atom. The summed E-state index contributed by atoms with van der Waals surface area (Å²) in [7, 11) is 0. The second-order valence-corrected chi connectivity index (χ2v) is 7.16. The summed E-state index contributed by atoms with van der Waals surface area (Å²) >= 11 is 0. The average molecular weight is 279 g/mol. The van der Waals surface area contributed by atoms with Crippen LogP contribution >= 0.6 is 0 Å². The minimum atomic E-state index is -4.12. The van der Waals surface area contributed by atoms with Crippen LogP contribution in [-0.4, -0.2) is 23.3 Å². The maximum absolute atomic E-state index is 12.5. The fourth-order valence-electron chi connectivity index (χ4n) is 3.32. The molecule has 0 aliphatic heterocycles. The predicted octanol–water partition coefficient (Wildman–Crippen LogP) is 2.78. The van der Waals surface area contributed by atoms with Gasteiger partial charge >= 0.3 is 12.1 Å². The molecule has 0 heterocycles. The minimum absolute atomic E-state index is 0.0955. The molecule has 2 rings (SSSR count). The lowest BCUT2D eigenvalue weighted by molar-refractivity contribution is -0.244. The molecule has 2 fully saturated rings. The highest BCUT2D eigenvalue weighted by Gasteiger charge is 2.66. The van der Waals surface area contributed by atoms with Crippen LogP contribution in [0.2, 0.25) is 0 Å². The van der Waals surface area contributed by atoms with Crippen molar-refractivity contribution in [3.63, 3.8) is 0 Å². The van der Waals surface area contributed by atoms with Gasteiger partial charge in [-0.3, -0.25) is 4.79 Å². The van der Waals surface area contributed by atoms with Gasteiger partial charge in [0.1, 0.15) is 11.1 Å². The first kappa shape index (κ1) is 14.6. The van der Waals surface area contributed by atoms with Crippen molar-refractivity contribution in [3.8, 4) is 0 Å². The van der Waals surface area contributed by atoms with Gasteiger partial charge in [-0.25, -0.2) is 0 Å². The number of hydrogen-bond donors (Lipinski definition) is 1. The van der Waals surface area contributed by atoms with Crippen LogP contribution in [0.1, 0.15) is 46.5 Å². The van der Waals surface area contributed by atoms with Crippen LogP contribution in [-0.2, 0) is 9.53 Å². The van der Waals surface area contributed by atoms with Gasteiger partial charge in [-0.15, -0.1) is 0 Å². The van der Waals surface area contributed by atoms with E-state index >= 15 is 0 Å². The summed E-state index contributed by atoms with van der Waals surface area (Å²) in [6.07, 6.45) is -3.32. The average Bonchev–Trinajstić information content (AvgIpc) is 2.03. The molecular formula is C13H20F3NO2. The van der Waals surface area contributed by atoms with Gasteiger partial charge in [0.2, 0.25) is 0 Å². The van der Waals surface area contributed by atoms with Crippen LogP contribution in [0.3, 0.4) is 0 Å². The molecule has 1 spiro atoms. The van der Waals surface area contributed by atoms with E-state index in [4.69, 9.17) is 10.5 Å². The van der Waals surface area contributed by atoms with Crippen molar-refractivity contribution in [1.82, 2.24) is 0 Å². The zero-order valence-electron chi connectivity index (χ0n) is 11.4. The van der Waals surface area contributed by atoms with Crippen LogP contribution in [0, 0.1) is 11.3 Å². The third kappa shape index (κ3) is 2.73. The van der Waals surface area contributed by atoms with Crippen molar-refractivity contribution >= 4 is 5.97 Å². The highest BCUT2D eigenvalue weighted by molar-refractivity contribution is 5.82. The molecule has 0 aromatic carbocycles. The standard InChI is InChI=1S/C13H20F3NO2/c1-10(2,3)19-9(18)12(17)6-11(7-12)4-8(5-11)13(14,15)16/h8H,4-7,17H2,1-3H3. The Kier molecular flexibility index (Phi) is 2.98. The molecule has 2 saturated carbocycles. The number of halogens is 3. The Labute approximate surface area is 110 Å². The number of carbonyl (C=O) groups is 1. The molecule has 0 atom stereocenters. The van der Waals surface area contributed by atoms with Gasteiger partial charge in [-0.2, -0.15) is 13.2 Å². The quantitative estimate of drug-likeness (QED) is 0.751. The summed E-state index contributed by atoms with van der Waals surface area (Å²) in [6, 6.07) is 0. The number of hydrogen-bond acceptors (Lipinski definition) is 3. The lowest BCUT2D eigenvalue weighted by Gasteiger charge is -2.61. The molecule has 0 aromatic rings. The van der Waals surface area contributed by atoms with Crippen molar-refractivity contribution < 1.29 is 22.7 Å². The second-order valence-electron chi connectivity index (χ2n) is 7.16. The maximum Gasteiger partial charge on any atom is 0.391 e. The molecule has 2 N–H and O–H groups in total. The van der Waals surface area contributed by atoms with E-state index < -0.39 is 29.2 Å². The fourth-order valence-corrected chi connectivity index (χ4v) is 3.32. The SMILES string of the molecule is CC(C)(C)OC(=O)C1(N)CC2(CC(C(F)(F)F)C2)C1. The molecule has 0 radical (unpaired) electrons. The third-order valence-corrected chi connectivity index (χ3v) is 4.01. The second kappa shape index (κ2) is 3.87. The number of ether oxygens (including phenoxy) is 1. The molecule has 2 aliphatic carbocycles. The normalized spacial score (nSPS) is 38.6. The molecule has 19 heavy (non-hydrogen) atoms. The Balaban J connectivity index is 1.88. The van der Waals surface area contributed by atoms with E-state index in [1.807, 2.05) is 0 Å². The Morgan fingerprint density at radius 3 is 2.05 bits per heavy atom. The number of rotatable bonds is 1. The molecule has 0 unspecified atom stereocenters. The Bertz CT molecular complexity index is 384. The molecule has 0 saturated heterocycles. The molecule has 2 aliphatic rings. The largest absolute Gasteiger partial charge is 0.459 e. The Hall–Kier alpha value is -0.780. The van der Waals surface area contributed by atoms with Crippen molar-refractivity contribution in [1.29, 1.82) is 0 Å². The van der Waals surface area contributed by atoms with Gasteiger partial charge < -0.3 is 10.5 Å². The van der Waals surface area contributed by atoms with E-state index in [-0.39, 0.29) is 18.3 Å². The van der Waals surface area contributed by atoms with Crippen molar-refractivity contribution in [3.05, 3.63) is 0 Å². The van der Waals surface area contributed by atoms with E-state index in [0.717, 1.165) is 0 Å². The lowest BCUT2D eigenvalue weighted by Crippen LogP contribution is -2.68. The van der Waals surface area contributed by atoms with Crippen molar-refractivity contribution in [2.24, 2.45) is 17.1 Å². The molecule has 0 amide bonds. The summed E-state index contributed by atoms with van der Waals surface area (Å²) in [4.78, 5) is 11.9. The molecule has 0 bridgehead atoms. The van der Waals surface area contributed by atoms with Gasteiger partial charge in [0.15, 0.2) is 0 Å². The molecule has 0 aromatic heterocycles. The first-order valence-electron chi connectivity index (χ1n) is 6.44. The summed E-state index contributed by atoms with van der Waals surface area (Å²) in [5.41, 5.74) is 3.84. The highest BCUT2D eigenvalue weighted by atomic mass is 19.4. The van der Waals surface area contributed by atoms with Gasteiger partial charge in [0.05, 0.1) is 5.92 Å². The lowest BCUT2D eigenvalue weighted by atomic mass is 9.45. The zero-order chi connectivity index (χ0) is 14.7. The molecule has 6 heteroatoms. The van der Waals surface area contributed by atoms with Gasteiger partial charge in [-0.05, 0) is 51.9 Å². The summed E-state index contributed by atoms with van der Waals surface area (Å²) < 4.78 is 42.6. The first-order chi connectivity index (χ1) is 8.35. The van der Waals surface area contributed by atoms with Gasteiger partial charge in [0, 0.05) is 0 Å². The van der Waals surface area contributed by atoms with E-state index in [1.165, 1.54) is 0 Å². The van der Waals surface area contributed by atoms with E-state index in [0.29, 0.717) is 12.8 Å². The number of carbonyl (C=O) groups excluding carboxylic acids is 1. The van der Waals surface area contributed by atoms with Crippen LogP contribution in [0.5, 0.6) is 0 Å². The summed E-state index contributed by atoms with van der Waals surface area (Å²) in [5, 5.41) is 0. The van der Waals surface area contributed by atoms with Crippen molar-refractivity contribution in [2.45, 2.75) is 63.8 Å². The number of alkyl halides is 3. The molecule has 3 nitrogen and oxygen atoms in total. The smallest absolute Gasteiger partial charge is 0.391 e. The Morgan fingerprint density at radius 2 is 1.68 bits per heavy atom. The van der Waals surface area contributed by atoms with E-state index in [2.05, 4.69) is 0 Å². The third-order valence-electron chi connectivity index (χ3n) is 4.01.